The predicted octanol–water partition coefficient (Wildman–Crippen LogP) is 5.85. The zero-order valence-electron chi connectivity index (χ0n) is 11.5. The smallest absolute Gasteiger partial charge is 0.119 e. The largest absolute Gasteiger partial charge is 0.149 e. The van der Waals surface area contributed by atoms with Crippen LogP contribution < -0.4 is 0 Å². The number of aromatic nitrogens is 2. The third kappa shape index (κ3) is 4.09. The second-order valence-corrected chi connectivity index (χ2v) is 7.03. The average Bonchev–Trinajstić information content (AvgIpc) is 2.54. The fraction of sp³-hybridized carbons (Fsp3) is 0.0588. The van der Waals surface area contributed by atoms with Gasteiger partial charge in [0, 0.05) is 20.8 Å². The van der Waals surface area contributed by atoms with E-state index in [1.165, 1.54) is 5.56 Å². The van der Waals surface area contributed by atoms with Crippen LogP contribution in [-0.2, 0) is 5.75 Å². The van der Waals surface area contributed by atoms with Gasteiger partial charge in [-0.3, -0.25) is 0 Å². The van der Waals surface area contributed by atoms with Gasteiger partial charge in [0.25, 0.3) is 0 Å². The molecule has 3 aromatic rings. The maximum atomic E-state index is 5.99. The lowest BCUT2D eigenvalue weighted by Gasteiger charge is -2.03. The van der Waals surface area contributed by atoms with Crippen LogP contribution in [-0.4, -0.2) is 10.2 Å². The van der Waals surface area contributed by atoms with Gasteiger partial charge in [-0.2, -0.15) is 0 Å². The average molecular weight is 392 g/mol. The fourth-order valence-electron chi connectivity index (χ4n) is 1.96. The van der Waals surface area contributed by atoms with Gasteiger partial charge in [-0.1, -0.05) is 63.6 Å². The molecule has 3 rings (SSSR count). The lowest BCUT2D eigenvalue weighted by atomic mass is 10.1. The minimum absolute atomic E-state index is 0.759. The first kappa shape index (κ1) is 15.5. The summed E-state index contributed by atoms with van der Waals surface area (Å²) in [7, 11) is 0. The summed E-state index contributed by atoms with van der Waals surface area (Å²) in [4.78, 5) is 0. The summed E-state index contributed by atoms with van der Waals surface area (Å²) >= 11 is 11.1. The van der Waals surface area contributed by atoms with E-state index in [9.17, 15) is 0 Å². The first-order valence-electron chi connectivity index (χ1n) is 6.67. The monoisotopic (exact) mass is 390 g/mol. The van der Waals surface area contributed by atoms with Crippen molar-refractivity contribution >= 4 is 39.3 Å². The quantitative estimate of drug-likeness (QED) is 0.522. The Balaban J connectivity index is 1.68. The van der Waals surface area contributed by atoms with Crippen LogP contribution in [0.25, 0.3) is 11.3 Å². The van der Waals surface area contributed by atoms with Crippen molar-refractivity contribution in [1.82, 2.24) is 10.2 Å². The summed E-state index contributed by atoms with van der Waals surface area (Å²) in [6.07, 6.45) is 0. The molecule has 0 saturated carbocycles. The van der Waals surface area contributed by atoms with Crippen LogP contribution in [0.5, 0.6) is 0 Å². The van der Waals surface area contributed by atoms with Gasteiger partial charge in [0.05, 0.1) is 5.69 Å². The lowest BCUT2D eigenvalue weighted by Crippen LogP contribution is -1.90. The molecule has 0 bridgehead atoms. The van der Waals surface area contributed by atoms with E-state index in [0.29, 0.717) is 0 Å². The van der Waals surface area contributed by atoms with Crippen LogP contribution in [0.4, 0.5) is 0 Å². The van der Waals surface area contributed by atoms with Crippen LogP contribution in [0.15, 0.2) is 70.2 Å². The Bertz CT molecular complexity index is 760. The highest BCUT2D eigenvalue weighted by Crippen LogP contribution is 2.24. The molecule has 0 saturated heterocycles. The van der Waals surface area contributed by atoms with Crippen molar-refractivity contribution in [1.29, 1.82) is 0 Å². The zero-order chi connectivity index (χ0) is 15.4. The third-order valence-electron chi connectivity index (χ3n) is 3.06. The van der Waals surface area contributed by atoms with E-state index in [1.54, 1.807) is 11.8 Å². The zero-order valence-corrected chi connectivity index (χ0v) is 14.7. The van der Waals surface area contributed by atoms with Gasteiger partial charge in [0.2, 0.25) is 0 Å². The summed E-state index contributed by atoms with van der Waals surface area (Å²) < 4.78 is 1.05. The first-order chi connectivity index (χ1) is 10.7. The van der Waals surface area contributed by atoms with Gasteiger partial charge >= 0.3 is 0 Å². The van der Waals surface area contributed by atoms with Gasteiger partial charge in [-0.25, -0.2) is 0 Å². The van der Waals surface area contributed by atoms with E-state index in [0.717, 1.165) is 31.5 Å². The Morgan fingerprint density at radius 2 is 1.77 bits per heavy atom. The van der Waals surface area contributed by atoms with Crippen molar-refractivity contribution in [2.24, 2.45) is 0 Å². The van der Waals surface area contributed by atoms with Crippen LogP contribution in [0.3, 0.4) is 0 Å². The van der Waals surface area contributed by atoms with Crippen molar-refractivity contribution < 1.29 is 0 Å². The van der Waals surface area contributed by atoms with Crippen LogP contribution in [0.1, 0.15) is 5.56 Å². The molecule has 22 heavy (non-hydrogen) atoms. The maximum absolute atomic E-state index is 5.99. The van der Waals surface area contributed by atoms with Crippen LogP contribution in [0.2, 0.25) is 5.02 Å². The Kier molecular flexibility index (Phi) is 5.13. The van der Waals surface area contributed by atoms with E-state index >= 15 is 0 Å². The summed E-state index contributed by atoms with van der Waals surface area (Å²) in [5.41, 5.74) is 3.11. The molecule has 0 unspecified atom stereocenters. The Morgan fingerprint density at radius 3 is 2.45 bits per heavy atom. The van der Waals surface area contributed by atoms with E-state index in [4.69, 9.17) is 11.6 Å². The Labute approximate surface area is 147 Å². The molecule has 1 aromatic heterocycles. The number of thioether (sulfide) groups is 1. The molecule has 2 aromatic carbocycles. The topological polar surface area (TPSA) is 25.8 Å². The van der Waals surface area contributed by atoms with Crippen molar-refractivity contribution in [2.75, 3.05) is 0 Å². The molecule has 2 nitrogen and oxygen atoms in total. The van der Waals surface area contributed by atoms with Gasteiger partial charge in [-0.15, -0.1) is 10.2 Å². The maximum Gasteiger partial charge on any atom is 0.119 e. The normalized spacial score (nSPS) is 10.6. The molecule has 0 aliphatic carbocycles. The SMILES string of the molecule is Clc1cccc(CSc2ccc(-c3ccc(Br)cc3)nn2)c1. The molecule has 1 heterocycles. The van der Waals surface area contributed by atoms with Crippen molar-refractivity contribution in [3.05, 3.63) is 75.7 Å². The Morgan fingerprint density at radius 1 is 0.955 bits per heavy atom. The number of rotatable bonds is 4. The first-order valence-corrected chi connectivity index (χ1v) is 8.83. The van der Waals surface area contributed by atoms with Gasteiger partial charge < -0.3 is 0 Å². The fourth-order valence-corrected chi connectivity index (χ4v) is 3.19. The molecule has 0 spiro atoms. The molecule has 5 heteroatoms. The molecule has 0 atom stereocenters. The highest BCUT2D eigenvalue weighted by molar-refractivity contribution is 9.10. The molecule has 0 amide bonds. The third-order valence-corrected chi connectivity index (χ3v) is 4.81. The molecule has 0 N–H and O–H groups in total. The molecule has 110 valence electrons. The number of hydrogen-bond donors (Lipinski definition) is 0. The minimum atomic E-state index is 0.759. The molecule has 0 aliphatic heterocycles. The molecule has 0 radical (unpaired) electrons. The standard InChI is InChI=1S/C17H12BrClN2S/c18-14-6-4-13(5-7-14)16-8-9-17(21-20-16)22-11-12-2-1-3-15(19)10-12/h1-10H,11H2. The van der Waals surface area contributed by atoms with Crippen molar-refractivity contribution in [2.45, 2.75) is 10.8 Å². The van der Waals surface area contributed by atoms with Crippen molar-refractivity contribution in [3.8, 4) is 11.3 Å². The minimum Gasteiger partial charge on any atom is -0.149 e. The van der Waals surface area contributed by atoms with E-state index in [2.05, 4.69) is 32.2 Å². The number of benzene rings is 2. The van der Waals surface area contributed by atoms with E-state index in [-0.39, 0.29) is 0 Å². The molecular formula is C17H12BrClN2S. The van der Waals surface area contributed by atoms with Gasteiger partial charge in [-0.05, 0) is 42.0 Å². The van der Waals surface area contributed by atoms with E-state index in [1.807, 2.05) is 54.6 Å². The van der Waals surface area contributed by atoms with Crippen LogP contribution >= 0.6 is 39.3 Å². The summed E-state index contributed by atoms with van der Waals surface area (Å²) in [6, 6.07) is 19.9. The number of nitrogens with zero attached hydrogens (tertiary/aromatic N) is 2. The number of halogens is 2. The lowest BCUT2D eigenvalue weighted by molar-refractivity contribution is 0.935. The summed E-state index contributed by atoms with van der Waals surface area (Å²) in [6.45, 7) is 0. The van der Waals surface area contributed by atoms with Crippen LogP contribution in [0, 0.1) is 0 Å². The van der Waals surface area contributed by atoms with Gasteiger partial charge in [0.15, 0.2) is 0 Å². The molecule has 0 aliphatic rings. The van der Waals surface area contributed by atoms with Gasteiger partial charge in [0.1, 0.15) is 5.03 Å². The second kappa shape index (κ2) is 7.27. The molecule has 0 fully saturated rings. The Hall–Kier alpha value is -1.36. The van der Waals surface area contributed by atoms with Crippen molar-refractivity contribution in [3.63, 3.8) is 0 Å². The van der Waals surface area contributed by atoms with E-state index < -0.39 is 0 Å². The number of hydrogen-bond acceptors (Lipinski definition) is 3. The second-order valence-electron chi connectivity index (χ2n) is 4.68. The molecular weight excluding hydrogens is 380 g/mol. The highest BCUT2D eigenvalue weighted by Gasteiger charge is 2.03. The predicted molar refractivity (Wildman–Crippen MR) is 96.2 cm³/mol. The highest BCUT2D eigenvalue weighted by atomic mass is 79.9. The summed E-state index contributed by atoms with van der Waals surface area (Å²) in [5, 5.41) is 10.2. The summed E-state index contributed by atoms with van der Waals surface area (Å²) in [5.74, 6) is 0.826.